The van der Waals surface area contributed by atoms with E-state index in [1.165, 1.54) is 0 Å². The Morgan fingerprint density at radius 3 is 2.95 bits per heavy atom. The van der Waals surface area contributed by atoms with Crippen molar-refractivity contribution < 1.29 is 4.79 Å². The van der Waals surface area contributed by atoms with E-state index in [2.05, 4.69) is 26.1 Å². The largest absolute Gasteiger partial charge is 0.293 e. The van der Waals surface area contributed by atoms with Crippen molar-refractivity contribution in [3.8, 4) is 0 Å². The molecule has 102 valence electrons. The molecule has 1 N–H and O–H groups in total. The van der Waals surface area contributed by atoms with Gasteiger partial charge < -0.3 is 0 Å². The third-order valence-electron chi connectivity index (χ3n) is 4.49. The first kappa shape index (κ1) is 12.6. The fourth-order valence-corrected chi connectivity index (χ4v) is 4.58. The van der Waals surface area contributed by atoms with Gasteiger partial charge in [-0.15, -0.1) is 0 Å². The Morgan fingerprint density at radius 1 is 1.30 bits per heavy atom. The van der Waals surface area contributed by atoms with Gasteiger partial charge in [0, 0.05) is 11.3 Å². The van der Waals surface area contributed by atoms with E-state index in [0.29, 0.717) is 11.1 Å². The highest BCUT2D eigenvalue weighted by Crippen LogP contribution is 2.51. The maximum Gasteiger partial charge on any atom is 0.173 e. The predicted octanol–water partition coefficient (Wildman–Crippen LogP) is 4.32. The van der Waals surface area contributed by atoms with E-state index in [4.69, 9.17) is 11.6 Å². The van der Waals surface area contributed by atoms with Crippen LogP contribution in [0.3, 0.4) is 0 Å². The molecule has 20 heavy (non-hydrogen) atoms. The Hall–Kier alpha value is -1.13. The lowest BCUT2D eigenvalue weighted by atomic mass is 9.90. The molecule has 0 spiro atoms. The van der Waals surface area contributed by atoms with Crippen LogP contribution in [0.25, 0.3) is 16.5 Å². The van der Waals surface area contributed by atoms with E-state index in [-0.39, 0.29) is 11.7 Å². The van der Waals surface area contributed by atoms with Crippen molar-refractivity contribution in [1.29, 1.82) is 0 Å². The monoisotopic (exact) mass is 350 g/mol. The molecule has 1 fully saturated rings. The minimum Gasteiger partial charge on any atom is -0.293 e. The SMILES string of the molecule is O=C1C(Br)=C(c2ccc3n[nH]c(Cl)c3c2)C2CCCC12. The molecule has 1 aromatic carbocycles. The first-order valence-electron chi connectivity index (χ1n) is 6.74. The van der Waals surface area contributed by atoms with E-state index in [9.17, 15) is 4.79 Å². The second-order valence-electron chi connectivity index (χ2n) is 5.51. The van der Waals surface area contributed by atoms with Crippen LogP contribution in [0.5, 0.6) is 0 Å². The van der Waals surface area contributed by atoms with Gasteiger partial charge in [-0.3, -0.25) is 9.89 Å². The number of fused-ring (bicyclic) bond motifs is 2. The molecule has 2 unspecified atom stereocenters. The lowest BCUT2D eigenvalue weighted by Gasteiger charge is -2.13. The summed E-state index contributed by atoms with van der Waals surface area (Å²) in [5.41, 5.74) is 3.08. The molecule has 4 rings (SSSR count). The number of carbonyl (C=O) groups excluding carboxylic acids is 1. The zero-order valence-corrected chi connectivity index (χ0v) is 13.0. The first-order chi connectivity index (χ1) is 9.66. The number of nitrogens with zero attached hydrogens (tertiary/aromatic N) is 1. The lowest BCUT2D eigenvalue weighted by Crippen LogP contribution is -2.10. The molecule has 0 amide bonds. The van der Waals surface area contributed by atoms with Gasteiger partial charge in [-0.05, 0) is 58.0 Å². The van der Waals surface area contributed by atoms with Crippen molar-refractivity contribution in [2.45, 2.75) is 19.3 Å². The highest BCUT2D eigenvalue weighted by molar-refractivity contribution is 9.12. The highest BCUT2D eigenvalue weighted by Gasteiger charge is 2.43. The van der Waals surface area contributed by atoms with Crippen molar-refractivity contribution >= 4 is 49.8 Å². The second kappa shape index (κ2) is 4.43. The van der Waals surface area contributed by atoms with Crippen molar-refractivity contribution in [3.63, 3.8) is 0 Å². The summed E-state index contributed by atoms with van der Waals surface area (Å²) >= 11 is 9.62. The zero-order valence-electron chi connectivity index (χ0n) is 10.6. The lowest BCUT2D eigenvalue weighted by molar-refractivity contribution is -0.118. The van der Waals surface area contributed by atoms with Gasteiger partial charge in [-0.25, -0.2) is 0 Å². The Labute approximate surface area is 129 Å². The van der Waals surface area contributed by atoms with Crippen LogP contribution in [0.1, 0.15) is 24.8 Å². The average Bonchev–Trinajstić information content (AvgIpc) is 3.11. The molecule has 0 saturated heterocycles. The number of aromatic nitrogens is 2. The van der Waals surface area contributed by atoms with Gasteiger partial charge in [0.15, 0.2) is 5.78 Å². The number of nitrogens with one attached hydrogen (secondary N) is 1. The third kappa shape index (κ3) is 1.64. The predicted molar refractivity (Wildman–Crippen MR) is 82.8 cm³/mol. The number of benzene rings is 1. The first-order valence-corrected chi connectivity index (χ1v) is 7.92. The summed E-state index contributed by atoms with van der Waals surface area (Å²) in [6.45, 7) is 0. The number of carbonyl (C=O) groups is 1. The topological polar surface area (TPSA) is 45.8 Å². The normalized spacial score (nSPS) is 25.8. The summed E-state index contributed by atoms with van der Waals surface area (Å²) < 4.78 is 0.756. The van der Waals surface area contributed by atoms with Crippen molar-refractivity contribution in [2.75, 3.05) is 0 Å². The molecular weight excluding hydrogens is 340 g/mol. The molecule has 5 heteroatoms. The average molecular weight is 352 g/mol. The Bertz CT molecular complexity index is 764. The standard InChI is InChI=1S/C15H12BrClN2O/c16-13-12(8-2-1-3-9(8)14(13)20)7-4-5-11-10(6-7)15(17)19-18-11/h4-6,8-9H,1-3H2,(H,18,19). The summed E-state index contributed by atoms with van der Waals surface area (Å²) in [5, 5.41) is 8.37. The van der Waals surface area contributed by atoms with Crippen LogP contribution in [0, 0.1) is 11.8 Å². The van der Waals surface area contributed by atoms with Crippen LogP contribution >= 0.6 is 27.5 Å². The number of H-pyrrole nitrogens is 1. The maximum atomic E-state index is 12.3. The van der Waals surface area contributed by atoms with E-state index in [1.807, 2.05) is 18.2 Å². The molecular formula is C15H12BrClN2O. The van der Waals surface area contributed by atoms with Crippen LogP contribution in [0.2, 0.25) is 5.15 Å². The van der Waals surface area contributed by atoms with Gasteiger partial charge in [0.2, 0.25) is 0 Å². The van der Waals surface area contributed by atoms with Crippen LogP contribution in [0.15, 0.2) is 22.7 Å². The van der Waals surface area contributed by atoms with Crippen LogP contribution in [0.4, 0.5) is 0 Å². The van der Waals surface area contributed by atoms with E-state index in [1.54, 1.807) is 0 Å². The van der Waals surface area contributed by atoms with Gasteiger partial charge >= 0.3 is 0 Å². The summed E-state index contributed by atoms with van der Waals surface area (Å²) in [6, 6.07) is 6.02. The third-order valence-corrected chi connectivity index (χ3v) is 5.60. The number of allylic oxidation sites excluding steroid dienone is 2. The number of rotatable bonds is 1. The quantitative estimate of drug-likeness (QED) is 0.831. The molecule has 3 nitrogen and oxygen atoms in total. The maximum absolute atomic E-state index is 12.3. The summed E-state index contributed by atoms with van der Waals surface area (Å²) in [4.78, 5) is 12.3. The number of hydrogen-bond donors (Lipinski definition) is 1. The molecule has 2 aliphatic carbocycles. The molecule has 2 aromatic rings. The highest BCUT2D eigenvalue weighted by atomic mass is 79.9. The molecule has 1 saturated carbocycles. The van der Waals surface area contributed by atoms with E-state index in [0.717, 1.165) is 45.8 Å². The molecule has 1 heterocycles. The molecule has 0 aliphatic heterocycles. The van der Waals surface area contributed by atoms with Crippen LogP contribution in [-0.2, 0) is 4.79 Å². The minimum atomic E-state index is 0.176. The minimum absolute atomic E-state index is 0.176. The number of hydrogen-bond acceptors (Lipinski definition) is 2. The van der Waals surface area contributed by atoms with Gasteiger partial charge in [-0.1, -0.05) is 24.1 Å². The van der Waals surface area contributed by atoms with Gasteiger partial charge in [-0.2, -0.15) is 5.10 Å². The van der Waals surface area contributed by atoms with E-state index < -0.39 is 0 Å². The second-order valence-corrected chi connectivity index (χ2v) is 6.68. The Morgan fingerprint density at radius 2 is 2.10 bits per heavy atom. The molecule has 1 aromatic heterocycles. The summed E-state index contributed by atoms with van der Waals surface area (Å²) in [7, 11) is 0. The smallest absolute Gasteiger partial charge is 0.173 e. The molecule has 2 aliphatic rings. The Balaban J connectivity index is 1.89. The number of halogens is 2. The zero-order chi connectivity index (χ0) is 13.9. The van der Waals surface area contributed by atoms with Gasteiger partial charge in [0.05, 0.1) is 10.00 Å². The van der Waals surface area contributed by atoms with Crippen LogP contribution < -0.4 is 0 Å². The fraction of sp³-hybridized carbons (Fsp3) is 0.333. The number of Topliss-reactive ketones (excluding diaryl/α,β-unsaturated/α-hetero) is 1. The van der Waals surface area contributed by atoms with Crippen molar-refractivity contribution in [3.05, 3.63) is 33.4 Å². The Kier molecular flexibility index (Phi) is 2.79. The van der Waals surface area contributed by atoms with Crippen molar-refractivity contribution in [2.24, 2.45) is 11.8 Å². The number of aromatic amines is 1. The van der Waals surface area contributed by atoms with Gasteiger partial charge in [0.25, 0.3) is 0 Å². The van der Waals surface area contributed by atoms with E-state index >= 15 is 0 Å². The number of ketones is 1. The molecule has 0 bridgehead atoms. The summed E-state index contributed by atoms with van der Waals surface area (Å²) in [6.07, 6.45) is 3.24. The van der Waals surface area contributed by atoms with Crippen LogP contribution in [-0.4, -0.2) is 16.0 Å². The fourth-order valence-electron chi connectivity index (χ4n) is 3.56. The summed E-state index contributed by atoms with van der Waals surface area (Å²) in [5.74, 6) is 0.802. The molecule has 0 radical (unpaired) electrons. The molecule has 2 atom stereocenters. The van der Waals surface area contributed by atoms with Crippen molar-refractivity contribution in [1.82, 2.24) is 10.2 Å². The van der Waals surface area contributed by atoms with Gasteiger partial charge in [0.1, 0.15) is 5.15 Å².